The Morgan fingerprint density at radius 1 is 0.833 bits per heavy atom. The van der Waals surface area contributed by atoms with Crippen molar-refractivity contribution < 1.29 is 14.4 Å². The van der Waals surface area contributed by atoms with Crippen LogP contribution in [0.4, 0.5) is 5.69 Å². The molecule has 0 radical (unpaired) electrons. The number of benzene rings is 3. The lowest BCUT2D eigenvalue weighted by Gasteiger charge is -2.51. The normalized spacial score (nSPS) is 28.2. The molecule has 4 aliphatic rings. The molecule has 0 N–H and O–H groups in total. The molecular formula is C25H16ClNO3. The van der Waals surface area contributed by atoms with Gasteiger partial charge in [-0.1, -0.05) is 66.2 Å². The average Bonchev–Trinajstić information content (AvgIpc) is 3.05. The van der Waals surface area contributed by atoms with E-state index in [0.717, 1.165) is 28.5 Å². The van der Waals surface area contributed by atoms with Gasteiger partial charge in [0.1, 0.15) is 6.29 Å². The Labute approximate surface area is 178 Å². The SMILES string of the molecule is O=CC12c3ccccc3C(c3ccccc31)[C@@H]1C(=O)N(c3cccc(Cl)c3)C(=O)[C@H]12. The van der Waals surface area contributed by atoms with Gasteiger partial charge in [-0.15, -0.1) is 0 Å². The van der Waals surface area contributed by atoms with Crippen LogP contribution >= 0.6 is 11.6 Å². The van der Waals surface area contributed by atoms with Gasteiger partial charge in [-0.25, -0.2) is 4.90 Å². The molecule has 5 heteroatoms. The van der Waals surface area contributed by atoms with Crippen LogP contribution in [0.2, 0.25) is 5.02 Å². The Bertz CT molecular complexity index is 1220. The van der Waals surface area contributed by atoms with Crippen LogP contribution in [0.5, 0.6) is 0 Å². The van der Waals surface area contributed by atoms with E-state index in [1.165, 1.54) is 4.90 Å². The van der Waals surface area contributed by atoms with Gasteiger partial charge >= 0.3 is 0 Å². The first-order chi connectivity index (χ1) is 14.6. The topological polar surface area (TPSA) is 54.5 Å². The van der Waals surface area contributed by atoms with Crippen LogP contribution in [0.3, 0.4) is 0 Å². The summed E-state index contributed by atoms with van der Waals surface area (Å²) in [7, 11) is 0. The fourth-order valence-electron chi connectivity index (χ4n) is 5.90. The highest BCUT2D eigenvalue weighted by atomic mass is 35.5. The minimum Gasteiger partial charge on any atom is -0.302 e. The largest absolute Gasteiger partial charge is 0.302 e. The zero-order chi connectivity index (χ0) is 20.6. The first-order valence-corrected chi connectivity index (χ1v) is 10.3. The van der Waals surface area contributed by atoms with E-state index in [1.807, 2.05) is 48.5 Å². The minimum atomic E-state index is -1.17. The van der Waals surface area contributed by atoms with Crippen LogP contribution in [0, 0.1) is 11.8 Å². The van der Waals surface area contributed by atoms with E-state index in [4.69, 9.17) is 11.6 Å². The summed E-state index contributed by atoms with van der Waals surface area (Å²) in [5.74, 6) is -2.26. The van der Waals surface area contributed by atoms with Gasteiger partial charge < -0.3 is 4.79 Å². The number of nitrogens with zero attached hydrogens (tertiary/aromatic N) is 1. The molecule has 2 atom stereocenters. The molecule has 3 aliphatic carbocycles. The predicted molar refractivity (Wildman–Crippen MR) is 112 cm³/mol. The monoisotopic (exact) mass is 413 g/mol. The van der Waals surface area contributed by atoms with Crippen molar-refractivity contribution in [3.63, 3.8) is 0 Å². The smallest absolute Gasteiger partial charge is 0.239 e. The lowest BCUT2D eigenvalue weighted by atomic mass is 9.48. The molecule has 146 valence electrons. The lowest BCUT2D eigenvalue weighted by molar-refractivity contribution is -0.128. The Morgan fingerprint density at radius 3 is 2.07 bits per heavy atom. The highest BCUT2D eigenvalue weighted by Gasteiger charge is 2.68. The number of aldehydes is 1. The Kier molecular flexibility index (Phi) is 3.46. The minimum absolute atomic E-state index is 0.259. The van der Waals surface area contributed by atoms with E-state index in [1.54, 1.807) is 24.3 Å². The Hall–Kier alpha value is -3.24. The van der Waals surface area contributed by atoms with E-state index < -0.39 is 17.3 Å². The third-order valence-electron chi connectivity index (χ3n) is 6.94. The van der Waals surface area contributed by atoms with Gasteiger partial charge in [0.15, 0.2) is 0 Å². The summed E-state index contributed by atoms with van der Waals surface area (Å²) in [6.45, 7) is 0. The summed E-state index contributed by atoms with van der Waals surface area (Å²) in [5.41, 5.74) is 2.85. The van der Waals surface area contributed by atoms with Gasteiger partial charge in [0.25, 0.3) is 0 Å². The molecule has 0 saturated carbocycles. The molecule has 1 aliphatic heterocycles. The van der Waals surface area contributed by atoms with E-state index in [0.29, 0.717) is 10.7 Å². The van der Waals surface area contributed by atoms with Crippen LogP contribution in [-0.2, 0) is 19.8 Å². The molecule has 3 aromatic carbocycles. The molecule has 30 heavy (non-hydrogen) atoms. The summed E-state index contributed by atoms with van der Waals surface area (Å²) in [5, 5.41) is 0.447. The summed E-state index contributed by atoms with van der Waals surface area (Å²) in [6, 6.07) is 22.1. The number of carbonyl (C=O) groups is 3. The second-order valence-corrected chi connectivity index (χ2v) is 8.57. The van der Waals surface area contributed by atoms with Crippen LogP contribution in [0.15, 0.2) is 72.8 Å². The highest BCUT2D eigenvalue weighted by molar-refractivity contribution is 6.31. The van der Waals surface area contributed by atoms with Crippen molar-refractivity contribution in [1.82, 2.24) is 0 Å². The quantitative estimate of drug-likeness (QED) is 0.469. The maximum atomic E-state index is 13.7. The molecule has 0 spiro atoms. The van der Waals surface area contributed by atoms with Crippen molar-refractivity contribution >= 4 is 35.4 Å². The Balaban J connectivity index is 1.66. The van der Waals surface area contributed by atoms with Crippen molar-refractivity contribution in [2.75, 3.05) is 4.90 Å². The van der Waals surface area contributed by atoms with Crippen LogP contribution in [0.1, 0.15) is 28.2 Å². The van der Waals surface area contributed by atoms with Crippen molar-refractivity contribution in [2.24, 2.45) is 11.8 Å². The molecule has 1 fully saturated rings. The fraction of sp³-hybridized carbons (Fsp3) is 0.160. The standard InChI is InChI=1S/C25H16ClNO3/c26-14-6-5-7-15(12-14)27-23(29)21-20-16-8-1-3-10-18(16)25(13-28,22(21)24(27)30)19-11-4-2-9-17(19)20/h1-13,20-22H/t20?,21-,22-,25?/m0/s1. The van der Waals surface area contributed by atoms with E-state index in [9.17, 15) is 14.4 Å². The molecular weight excluding hydrogens is 398 g/mol. The molecule has 3 aromatic rings. The van der Waals surface area contributed by atoms with Gasteiger partial charge in [0.2, 0.25) is 11.8 Å². The third kappa shape index (κ3) is 1.90. The molecule has 2 amide bonds. The number of anilines is 1. The summed E-state index contributed by atoms with van der Waals surface area (Å²) < 4.78 is 0. The number of carbonyl (C=O) groups excluding carboxylic acids is 3. The van der Waals surface area contributed by atoms with Gasteiger partial charge in [-0.05, 0) is 40.5 Å². The number of hydrogen-bond acceptors (Lipinski definition) is 3. The average molecular weight is 414 g/mol. The number of halogens is 1. The molecule has 4 nitrogen and oxygen atoms in total. The number of amides is 2. The lowest BCUT2D eigenvalue weighted by Crippen LogP contribution is -2.54. The van der Waals surface area contributed by atoms with Crippen molar-refractivity contribution in [1.29, 1.82) is 0 Å². The van der Waals surface area contributed by atoms with Crippen molar-refractivity contribution in [2.45, 2.75) is 11.3 Å². The number of rotatable bonds is 2. The summed E-state index contributed by atoms with van der Waals surface area (Å²) in [4.78, 5) is 41.5. The van der Waals surface area contributed by atoms with E-state index >= 15 is 0 Å². The summed E-state index contributed by atoms with van der Waals surface area (Å²) >= 11 is 6.14. The maximum Gasteiger partial charge on any atom is 0.239 e. The second kappa shape index (κ2) is 5.89. The first kappa shape index (κ1) is 17.6. The fourth-order valence-corrected chi connectivity index (χ4v) is 6.08. The Morgan fingerprint density at radius 2 is 1.47 bits per heavy atom. The molecule has 0 aromatic heterocycles. The highest BCUT2D eigenvalue weighted by Crippen LogP contribution is 2.63. The van der Waals surface area contributed by atoms with Crippen molar-refractivity contribution in [3.8, 4) is 0 Å². The molecule has 1 heterocycles. The number of hydrogen-bond donors (Lipinski definition) is 0. The molecule has 2 bridgehead atoms. The maximum absolute atomic E-state index is 13.7. The van der Waals surface area contributed by atoms with E-state index in [2.05, 4.69) is 0 Å². The van der Waals surface area contributed by atoms with Crippen LogP contribution in [-0.4, -0.2) is 18.1 Å². The van der Waals surface area contributed by atoms with Gasteiger partial charge in [-0.2, -0.15) is 0 Å². The van der Waals surface area contributed by atoms with Gasteiger partial charge in [0.05, 0.1) is 22.9 Å². The summed E-state index contributed by atoms with van der Waals surface area (Å²) in [6.07, 6.45) is 0.879. The predicted octanol–water partition coefficient (Wildman–Crippen LogP) is 4.09. The molecule has 7 rings (SSSR count). The zero-order valence-electron chi connectivity index (χ0n) is 15.8. The number of imide groups is 1. The van der Waals surface area contributed by atoms with Crippen molar-refractivity contribution in [3.05, 3.63) is 100 Å². The van der Waals surface area contributed by atoms with E-state index in [-0.39, 0.29) is 17.7 Å². The molecule has 0 unspecified atom stereocenters. The molecule has 1 saturated heterocycles. The van der Waals surface area contributed by atoms with Gasteiger partial charge in [-0.3, -0.25) is 9.59 Å². The third-order valence-corrected chi connectivity index (χ3v) is 7.17. The van der Waals surface area contributed by atoms with Crippen LogP contribution in [0.25, 0.3) is 0 Å². The van der Waals surface area contributed by atoms with Gasteiger partial charge in [0, 0.05) is 10.9 Å². The first-order valence-electron chi connectivity index (χ1n) is 9.88. The zero-order valence-corrected chi connectivity index (χ0v) is 16.5. The second-order valence-electron chi connectivity index (χ2n) is 8.13. The van der Waals surface area contributed by atoms with Crippen LogP contribution < -0.4 is 4.90 Å².